The fraction of sp³-hybridized carbons (Fsp3) is 0.143. The van der Waals surface area contributed by atoms with Crippen LogP contribution in [0.4, 0.5) is 13.2 Å². The van der Waals surface area contributed by atoms with Gasteiger partial charge in [0.15, 0.2) is 17.5 Å². The molecule has 0 radical (unpaired) electrons. The first-order valence-corrected chi connectivity index (χ1v) is 5.82. The van der Waals surface area contributed by atoms with Crippen LogP contribution in [0.2, 0.25) is 0 Å². The van der Waals surface area contributed by atoms with E-state index >= 15 is 0 Å². The first-order chi connectivity index (χ1) is 9.49. The fourth-order valence-corrected chi connectivity index (χ4v) is 1.66. The Balaban J connectivity index is 2.11. The summed E-state index contributed by atoms with van der Waals surface area (Å²) in [6, 6.07) is 4.88. The molecular formula is C14H11F3N2O. The molecule has 0 bridgehead atoms. The van der Waals surface area contributed by atoms with Gasteiger partial charge in [0.05, 0.1) is 12.2 Å². The minimum Gasteiger partial charge on any atom is -0.346 e. The Kier molecular flexibility index (Phi) is 4.02. The van der Waals surface area contributed by atoms with Crippen molar-refractivity contribution in [2.45, 2.75) is 13.5 Å². The van der Waals surface area contributed by atoms with Gasteiger partial charge in [-0.15, -0.1) is 0 Å². The third kappa shape index (κ3) is 2.96. The zero-order valence-corrected chi connectivity index (χ0v) is 10.6. The lowest BCUT2D eigenvalue weighted by Crippen LogP contribution is -2.24. The van der Waals surface area contributed by atoms with Crippen molar-refractivity contribution in [1.82, 2.24) is 10.3 Å². The van der Waals surface area contributed by atoms with Crippen LogP contribution >= 0.6 is 0 Å². The minimum atomic E-state index is -1.60. The summed E-state index contributed by atoms with van der Waals surface area (Å²) in [4.78, 5) is 15.8. The quantitative estimate of drug-likeness (QED) is 0.878. The Hall–Kier alpha value is -2.37. The van der Waals surface area contributed by atoms with Crippen LogP contribution in [0.25, 0.3) is 0 Å². The molecular weight excluding hydrogens is 269 g/mol. The molecule has 1 aromatic heterocycles. The highest BCUT2D eigenvalue weighted by atomic mass is 19.2. The van der Waals surface area contributed by atoms with E-state index in [1.807, 2.05) is 13.0 Å². The minimum absolute atomic E-state index is 0.117. The van der Waals surface area contributed by atoms with E-state index in [4.69, 9.17) is 0 Å². The van der Waals surface area contributed by atoms with E-state index < -0.39 is 23.4 Å². The van der Waals surface area contributed by atoms with E-state index in [1.165, 1.54) is 0 Å². The van der Waals surface area contributed by atoms with Gasteiger partial charge in [0.1, 0.15) is 0 Å². The molecule has 0 unspecified atom stereocenters. The van der Waals surface area contributed by atoms with Gasteiger partial charge in [-0.2, -0.15) is 0 Å². The molecule has 2 aromatic rings. The number of rotatable bonds is 3. The second-order valence-corrected chi connectivity index (χ2v) is 4.20. The van der Waals surface area contributed by atoms with Crippen LogP contribution in [0, 0.1) is 24.4 Å². The lowest BCUT2D eigenvalue weighted by atomic mass is 10.1. The predicted molar refractivity (Wildman–Crippen MR) is 66.5 cm³/mol. The topological polar surface area (TPSA) is 42.0 Å². The number of hydrogen-bond donors (Lipinski definition) is 1. The van der Waals surface area contributed by atoms with Crippen LogP contribution < -0.4 is 5.32 Å². The van der Waals surface area contributed by atoms with E-state index in [0.717, 1.165) is 5.56 Å². The highest BCUT2D eigenvalue weighted by Gasteiger charge is 2.15. The van der Waals surface area contributed by atoms with Gasteiger partial charge in [-0.25, -0.2) is 13.2 Å². The molecule has 2 rings (SSSR count). The number of benzene rings is 1. The smallest absolute Gasteiger partial charge is 0.251 e. The summed E-state index contributed by atoms with van der Waals surface area (Å²) in [6.07, 6.45) is 1.58. The molecule has 0 fully saturated rings. The highest BCUT2D eigenvalue weighted by molar-refractivity contribution is 5.94. The van der Waals surface area contributed by atoms with Crippen molar-refractivity contribution in [1.29, 1.82) is 0 Å². The predicted octanol–water partition coefficient (Wildman–Crippen LogP) is 2.74. The van der Waals surface area contributed by atoms with Crippen molar-refractivity contribution in [2.24, 2.45) is 0 Å². The number of amides is 1. The SMILES string of the molecule is Cc1cccnc1CNC(=O)c1cc(F)c(F)c(F)c1. The average Bonchev–Trinajstić information content (AvgIpc) is 2.43. The summed E-state index contributed by atoms with van der Waals surface area (Å²) in [5.74, 6) is -5.09. The number of pyridine rings is 1. The molecule has 0 aliphatic carbocycles. The van der Waals surface area contributed by atoms with Crippen molar-refractivity contribution in [3.8, 4) is 0 Å². The molecule has 0 aliphatic rings. The van der Waals surface area contributed by atoms with Crippen LogP contribution in [0.15, 0.2) is 30.5 Å². The molecule has 104 valence electrons. The number of carbonyl (C=O) groups excluding carboxylic acids is 1. The van der Waals surface area contributed by atoms with Gasteiger partial charge in [0, 0.05) is 11.8 Å². The third-order valence-corrected chi connectivity index (χ3v) is 2.78. The van der Waals surface area contributed by atoms with E-state index in [-0.39, 0.29) is 12.1 Å². The number of hydrogen-bond acceptors (Lipinski definition) is 2. The van der Waals surface area contributed by atoms with Crippen LogP contribution in [0.1, 0.15) is 21.6 Å². The Morgan fingerprint density at radius 1 is 1.25 bits per heavy atom. The molecule has 0 aliphatic heterocycles. The molecule has 1 aromatic carbocycles. The van der Waals surface area contributed by atoms with E-state index in [0.29, 0.717) is 17.8 Å². The lowest BCUT2D eigenvalue weighted by molar-refractivity contribution is 0.0949. The Morgan fingerprint density at radius 2 is 1.90 bits per heavy atom. The second-order valence-electron chi connectivity index (χ2n) is 4.20. The van der Waals surface area contributed by atoms with Gasteiger partial charge < -0.3 is 5.32 Å². The molecule has 1 amide bonds. The van der Waals surface area contributed by atoms with Gasteiger partial charge in [-0.3, -0.25) is 9.78 Å². The van der Waals surface area contributed by atoms with Gasteiger partial charge in [0.25, 0.3) is 5.91 Å². The summed E-state index contributed by atoms with van der Waals surface area (Å²) >= 11 is 0. The molecule has 6 heteroatoms. The lowest BCUT2D eigenvalue weighted by Gasteiger charge is -2.07. The molecule has 20 heavy (non-hydrogen) atoms. The summed E-state index contributed by atoms with van der Waals surface area (Å²) in [5.41, 5.74) is 1.24. The Morgan fingerprint density at radius 3 is 2.50 bits per heavy atom. The maximum Gasteiger partial charge on any atom is 0.251 e. The zero-order chi connectivity index (χ0) is 14.7. The Labute approximate surface area is 113 Å². The zero-order valence-electron chi connectivity index (χ0n) is 10.6. The number of nitrogens with one attached hydrogen (secondary N) is 1. The van der Waals surface area contributed by atoms with Crippen LogP contribution in [-0.4, -0.2) is 10.9 Å². The van der Waals surface area contributed by atoms with Crippen LogP contribution in [-0.2, 0) is 6.54 Å². The Bertz CT molecular complexity index is 636. The summed E-state index contributed by atoms with van der Waals surface area (Å²) in [6.45, 7) is 1.94. The van der Waals surface area contributed by atoms with E-state index in [2.05, 4.69) is 10.3 Å². The molecule has 0 saturated carbocycles. The van der Waals surface area contributed by atoms with Gasteiger partial charge >= 0.3 is 0 Å². The largest absolute Gasteiger partial charge is 0.346 e. The number of carbonyl (C=O) groups is 1. The average molecular weight is 280 g/mol. The van der Waals surface area contributed by atoms with Crippen molar-refractivity contribution in [3.05, 3.63) is 64.7 Å². The maximum atomic E-state index is 13.0. The summed E-state index contributed by atoms with van der Waals surface area (Å²) in [7, 11) is 0. The van der Waals surface area contributed by atoms with Crippen molar-refractivity contribution >= 4 is 5.91 Å². The number of halogens is 3. The molecule has 3 nitrogen and oxygen atoms in total. The molecule has 0 saturated heterocycles. The summed E-state index contributed by atoms with van der Waals surface area (Å²) in [5, 5.41) is 2.47. The van der Waals surface area contributed by atoms with Crippen molar-refractivity contribution < 1.29 is 18.0 Å². The maximum absolute atomic E-state index is 13.0. The molecule has 0 spiro atoms. The van der Waals surface area contributed by atoms with Crippen LogP contribution in [0.5, 0.6) is 0 Å². The van der Waals surface area contributed by atoms with Crippen molar-refractivity contribution in [3.63, 3.8) is 0 Å². The summed E-state index contributed by atoms with van der Waals surface area (Å²) < 4.78 is 38.8. The monoisotopic (exact) mass is 280 g/mol. The highest BCUT2D eigenvalue weighted by Crippen LogP contribution is 2.13. The first-order valence-electron chi connectivity index (χ1n) is 5.82. The van der Waals surface area contributed by atoms with Gasteiger partial charge in [0.2, 0.25) is 0 Å². The number of aromatic nitrogens is 1. The standard InChI is InChI=1S/C14H11F3N2O/c1-8-3-2-4-18-12(8)7-19-14(20)9-5-10(15)13(17)11(16)6-9/h2-6H,7H2,1H3,(H,19,20). The number of nitrogens with zero attached hydrogens (tertiary/aromatic N) is 1. The van der Waals surface area contributed by atoms with E-state index in [1.54, 1.807) is 12.3 Å². The van der Waals surface area contributed by atoms with Gasteiger partial charge in [-0.05, 0) is 30.7 Å². The number of aryl methyl sites for hydroxylation is 1. The second kappa shape index (κ2) is 5.73. The van der Waals surface area contributed by atoms with Gasteiger partial charge in [-0.1, -0.05) is 6.07 Å². The molecule has 1 heterocycles. The van der Waals surface area contributed by atoms with Crippen LogP contribution in [0.3, 0.4) is 0 Å². The normalized spacial score (nSPS) is 10.4. The van der Waals surface area contributed by atoms with E-state index in [9.17, 15) is 18.0 Å². The van der Waals surface area contributed by atoms with Crippen molar-refractivity contribution in [2.75, 3.05) is 0 Å². The fourth-order valence-electron chi connectivity index (χ4n) is 1.66. The molecule has 0 atom stereocenters. The third-order valence-electron chi connectivity index (χ3n) is 2.78. The first kappa shape index (κ1) is 14.0. The molecule has 1 N–H and O–H groups in total.